The Bertz CT molecular complexity index is 456. The van der Waals surface area contributed by atoms with Crippen molar-refractivity contribution >= 4 is 15.6 Å². The molecule has 0 heterocycles. The van der Waals surface area contributed by atoms with Crippen molar-refractivity contribution in [3.05, 3.63) is 23.3 Å². The second-order valence-electron chi connectivity index (χ2n) is 4.22. The van der Waals surface area contributed by atoms with E-state index < -0.39 is 15.6 Å². The number of allylic oxidation sites excluding steroid dienone is 3. The van der Waals surface area contributed by atoms with Crippen molar-refractivity contribution in [3.8, 4) is 0 Å². The van der Waals surface area contributed by atoms with E-state index in [1.54, 1.807) is 6.92 Å². The molecule has 1 saturated carbocycles. The van der Waals surface area contributed by atoms with Crippen LogP contribution < -0.4 is 14.7 Å². The Hall–Kier alpha value is -0.260. The first-order valence-electron chi connectivity index (χ1n) is 5.70. The first kappa shape index (κ1) is 16.8. The Morgan fingerprint density at radius 1 is 1.32 bits per heavy atom. The maximum absolute atomic E-state index is 10.9. The highest BCUT2D eigenvalue weighted by molar-refractivity contribution is 7.58. The first-order chi connectivity index (χ1) is 8.68. The molecule has 0 bridgehead atoms. The molecule has 1 atom stereocenters. The van der Waals surface area contributed by atoms with Crippen LogP contribution in [0.2, 0.25) is 0 Å². The molecular formula is C10H15O7P2-3. The summed E-state index contributed by atoms with van der Waals surface area (Å²) in [7, 11) is -10.7. The standard InChI is InChI=1S/C10H18O7P2/c1-9(3-2-4-10-5-6-10)7-8-16-19(14,15)17-18(11,12)13/h4,7H,2-3,5-6,8H2,1H3,(H,14,15)(H2,11,12,13)/p-3. The highest BCUT2D eigenvalue weighted by atomic mass is 31.3. The van der Waals surface area contributed by atoms with Crippen molar-refractivity contribution in [1.29, 1.82) is 0 Å². The van der Waals surface area contributed by atoms with E-state index in [0.717, 1.165) is 31.3 Å². The highest BCUT2D eigenvalue weighted by Gasteiger charge is 2.11. The molecule has 1 fully saturated rings. The number of hydrogen-bond donors (Lipinski definition) is 0. The van der Waals surface area contributed by atoms with Gasteiger partial charge in [0.1, 0.15) is 0 Å². The van der Waals surface area contributed by atoms with E-state index in [0.29, 0.717) is 0 Å². The van der Waals surface area contributed by atoms with Gasteiger partial charge >= 0.3 is 0 Å². The van der Waals surface area contributed by atoms with Gasteiger partial charge in [-0.25, -0.2) is 0 Å². The molecule has 0 spiro atoms. The van der Waals surface area contributed by atoms with Crippen molar-refractivity contribution in [2.75, 3.05) is 6.61 Å². The average Bonchev–Trinajstić information content (AvgIpc) is 2.97. The van der Waals surface area contributed by atoms with Gasteiger partial charge in [0.25, 0.3) is 7.82 Å². The Morgan fingerprint density at radius 3 is 2.47 bits per heavy atom. The van der Waals surface area contributed by atoms with Gasteiger partial charge in [-0.15, -0.1) is 0 Å². The molecule has 1 rings (SSSR count). The minimum absolute atomic E-state index is 0.358. The van der Waals surface area contributed by atoms with Gasteiger partial charge in [0.2, 0.25) is 0 Å². The third-order valence-electron chi connectivity index (χ3n) is 2.37. The molecule has 0 amide bonds. The van der Waals surface area contributed by atoms with Gasteiger partial charge in [-0.05, 0) is 32.6 Å². The van der Waals surface area contributed by atoms with Gasteiger partial charge in [0.05, 0.1) is 14.4 Å². The lowest BCUT2D eigenvalue weighted by Crippen LogP contribution is -2.19. The third kappa shape index (κ3) is 9.30. The Kier molecular flexibility index (Phi) is 6.15. The van der Waals surface area contributed by atoms with Crippen LogP contribution in [0.3, 0.4) is 0 Å². The largest absolute Gasteiger partial charge is 0.790 e. The molecule has 0 N–H and O–H groups in total. The summed E-state index contributed by atoms with van der Waals surface area (Å²) in [6.45, 7) is 1.45. The molecule has 0 aromatic rings. The lowest BCUT2D eigenvalue weighted by Gasteiger charge is -2.34. The fourth-order valence-corrected chi connectivity index (χ4v) is 2.72. The number of phosphoric ester groups is 1. The molecule has 0 saturated heterocycles. The summed E-state index contributed by atoms with van der Waals surface area (Å²) in [5, 5.41) is 0. The summed E-state index contributed by atoms with van der Waals surface area (Å²) in [6, 6.07) is 0. The van der Waals surface area contributed by atoms with Gasteiger partial charge in [-0.2, -0.15) is 0 Å². The van der Waals surface area contributed by atoms with Crippen LogP contribution in [-0.4, -0.2) is 6.61 Å². The zero-order chi connectivity index (χ0) is 14.5. The van der Waals surface area contributed by atoms with Crippen LogP contribution in [0.15, 0.2) is 23.3 Å². The van der Waals surface area contributed by atoms with E-state index in [2.05, 4.69) is 14.9 Å². The monoisotopic (exact) mass is 309 g/mol. The van der Waals surface area contributed by atoms with Gasteiger partial charge in [0.15, 0.2) is 0 Å². The molecule has 19 heavy (non-hydrogen) atoms. The minimum atomic E-state index is -5.60. The van der Waals surface area contributed by atoms with E-state index in [9.17, 15) is 23.8 Å². The zero-order valence-electron chi connectivity index (χ0n) is 10.4. The summed E-state index contributed by atoms with van der Waals surface area (Å²) in [4.78, 5) is 31.2. The van der Waals surface area contributed by atoms with E-state index >= 15 is 0 Å². The van der Waals surface area contributed by atoms with E-state index in [1.807, 2.05) is 0 Å². The van der Waals surface area contributed by atoms with Crippen molar-refractivity contribution in [2.24, 2.45) is 0 Å². The van der Waals surface area contributed by atoms with E-state index in [4.69, 9.17) is 0 Å². The van der Waals surface area contributed by atoms with Gasteiger partial charge in [0, 0.05) is 0 Å². The molecule has 7 nitrogen and oxygen atoms in total. The predicted octanol–water partition coefficient (Wildman–Crippen LogP) is 0.763. The van der Waals surface area contributed by atoms with E-state index in [-0.39, 0.29) is 6.61 Å². The highest BCUT2D eigenvalue weighted by Crippen LogP contribution is 2.50. The SMILES string of the molecule is CC(=CCOP(=O)([O-])OP(=O)([O-])[O-])CCC=C1CC1. The van der Waals surface area contributed by atoms with Crippen LogP contribution in [0.4, 0.5) is 0 Å². The summed E-state index contributed by atoms with van der Waals surface area (Å²) < 4.78 is 28.6. The second kappa shape index (κ2) is 6.95. The molecule has 0 aliphatic heterocycles. The molecule has 9 heteroatoms. The quantitative estimate of drug-likeness (QED) is 0.479. The number of hydrogen-bond acceptors (Lipinski definition) is 7. The third-order valence-corrected chi connectivity index (χ3v) is 4.44. The normalized spacial score (nSPS) is 19.2. The van der Waals surface area contributed by atoms with Crippen LogP contribution in [0.25, 0.3) is 0 Å². The predicted molar refractivity (Wildman–Crippen MR) is 62.6 cm³/mol. The van der Waals surface area contributed by atoms with Gasteiger partial charge in [-0.3, -0.25) is 8.88 Å². The Labute approximate surface area is 111 Å². The van der Waals surface area contributed by atoms with Crippen LogP contribution in [0.1, 0.15) is 32.6 Å². The first-order valence-corrected chi connectivity index (χ1v) is 8.62. The lowest BCUT2D eigenvalue weighted by atomic mass is 10.1. The smallest absolute Gasteiger partial charge is 0.272 e. The van der Waals surface area contributed by atoms with Crippen LogP contribution in [-0.2, 0) is 18.0 Å². The maximum Gasteiger partial charge on any atom is 0.272 e. The van der Waals surface area contributed by atoms with Crippen LogP contribution in [0.5, 0.6) is 0 Å². The number of rotatable bonds is 8. The topological polar surface area (TPSA) is 122 Å². The fourth-order valence-electron chi connectivity index (χ4n) is 1.30. The van der Waals surface area contributed by atoms with Crippen LogP contribution in [0, 0.1) is 0 Å². The maximum atomic E-state index is 10.9. The molecule has 0 radical (unpaired) electrons. The molecule has 1 aliphatic rings. The molecule has 1 aliphatic carbocycles. The summed E-state index contributed by atoms with van der Waals surface area (Å²) in [6.07, 6.45) is 7.60. The van der Waals surface area contributed by atoms with Crippen molar-refractivity contribution < 1.29 is 32.6 Å². The molecule has 0 aromatic carbocycles. The Balaban J connectivity index is 2.28. The fraction of sp³-hybridized carbons (Fsp3) is 0.600. The minimum Gasteiger partial charge on any atom is -0.790 e. The van der Waals surface area contributed by atoms with E-state index in [1.165, 1.54) is 11.6 Å². The number of phosphoric acid groups is 2. The summed E-state index contributed by atoms with van der Waals surface area (Å²) in [5.74, 6) is 0. The lowest BCUT2D eigenvalue weighted by molar-refractivity contribution is -0.339. The second-order valence-corrected chi connectivity index (χ2v) is 6.92. The van der Waals surface area contributed by atoms with Crippen molar-refractivity contribution in [3.63, 3.8) is 0 Å². The van der Waals surface area contributed by atoms with Gasteiger partial charge < -0.3 is 23.8 Å². The average molecular weight is 309 g/mol. The van der Waals surface area contributed by atoms with Crippen molar-refractivity contribution in [2.45, 2.75) is 32.6 Å². The van der Waals surface area contributed by atoms with Crippen molar-refractivity contribution in [1.82, 2.24) is 0 Å². The molecule has 110 valence electrons. The van der Waals surface area contributed by atoms with Gasteiger partial charge in [-0.1, -0.05) is 23.3 Å². The molecule has 1 unspecified atom stereocenters. The Morgan fingerprint density at radius 2 is 1.95 bits per heavy atom. The molecule has 0 aromatic heterocycles. The molecular weight excluding hydrogens is 294 g/mol. The zero-order valence-corrected chi connectivity index (χ0v) is 12.2. The van der Waals surface area contributed by atoms with Crippen LogP contribution >= 0.6 is 15.6 Å². The summed E-state index contributed by atoms with van der Waals surface area (Å²) >= 11 is 0. The summed E-state index contributed by atoms with van der Waals surface area (Å²) in [5.41, 5.74) is 2.34.